The van der Waals surface area contributed by atoms with Crippen molar-refractivity contribution in [2.45, 2.75) is 91.1 Å². The Balaban J connectivity index is 1.68. The van der Waals surface area contributed by atoms with Gasteiger partial charge >= 0.3 is 12.1 Å². The number of nitrogens with zero attached hydrogens (tertiary/aromatic N) is 2. The smallest absolute Gasteiger partial charge is 0.408 e. The third kappa shape index (κ3) is 12.7. The number of alkyl carbamates (subject to hydrolysis) is 1. The number of rotatable bonds is 16. The first-order valence-corrected chi connectivity index (χ1v) is 15.8. The Bertz CT molecular complexity index is 1470. The number of hydrogen-bond acceptors (Lipinski definition) is 8. The standard InChI is InChI=1S/C36H48N4O7/c1-25(18-29-20-40(24-37-29)31(23-46-26(2)41)28-16-12-9-13-17-28)19-32(42)30(22-45-21-27-14-10-8-11-15-27)38-33(43)36(6,7)39-34(44)47-35(3,4)5/h8-17,20,24-25,30-31H,18-19,21-23H2,1-7H3,(H,38,43)(H,39,44)/t25-,30-,31?/m1/s1. The molecule has 0 saturated heterocycles. The third-order valence-electron chi connectivity index (χ3n) is 7.22. The lowest BCUT2D eigenvalue weighted by Crippen LogP contribution is -2.59. The molecule has 0 bridgehead atoms. The van der Waals surface area contributed by atoms with Crippen molar-refractivity contribution < 1.29 is 33.4 Å². The van der Waals surface area contributed by atoms with Gasteiger partial charge in [-0.15, -0.1) is 0 Å². The summed E-state index contributed by atoms with van der Waals surface area (Å²) in [5, 5.41) is 5.38. The van der Waals surface area contributed by atoms with Crippen LogP contribution in [0.25, 0.3) is 0 Å². The van der Waals surface area contributed by atoms with Crippen LogP contribution in [0, 0.1) is 5.92 Å². The van der Waals surface area contributed by atoms with E-state index in [9.17, 15) is 19.2 Å². The van der Waals surface area contributed by atoms with Gasteiger partial charge in [0.1, 0.15) is 23.8 Å². The zero-order valence-electron chi connectivity index (χ0n) is 28.4. The van der Waals surface area contributed by atoms with Gasteiger partial charge in [0.05, 0.1) is 31.3 Å². The SMILES string of the molecule is CC(=O)OCC(c1ccccc1)n1cnc(C[C@@H](C)CC(=O)[C@@H](COCc2ccccc2)NC(=O)C(C)(C)NC(=O)OC(C)(C)C)c1. The molecule has 0 radical (unpaired) electrons. The quantitative estimate of drug-likeness (QED) is 0.203. The van der Waals surface area contributed by atoms with Crippen LogP contribution in [0.2, 0.25) is 0 Å². The van der Waals surface area contributed by atoms with Gasteiger partial charge < -0.3 is 29.4 Å². The molecule has 1 heterocycles. The maximum absolute atomic E-state index is 13.6. The summed E-state index contributed by atoms with van der Waals surface area (Å²) in [6.07, 6.45) is 3.52. The van der Waals surface area contributed by atoms with Crippen molar-refractivity contribution in [3.63, 3.8) is 0 Å². The van der Waals surface area contributed by atoms with E-state index >= 15 is 0 Å². The normalized spacial score (nSPS) is 13.6. The van der Waals surface area contributed by atoms with Gasteiger partial charge in [0, 0.05) is 19.5 Å². The van der Waals surface area contributed by atoms with E-state index in [-0.39, 0.29) is 50.0 Å². The van der Waals surface area contributed by atoms with Crippen molar-refractivity contribution in [1.29, 1.82) is 0 Å². The second-order valence-corrected chi connectivity index (χ2v) is 13.3. The fourth-order valence-corrected chi connectivity index (χ4v) is 4.83. The van der Waals surface area contributed by atoms with Gasteiger partial charge in [0.2, 0.25) is 5.91 Å². The summed E-state index contributed by atoms with van der Waals surface area (Å²) < 4.78 is 18.4. The Kier molecular flexibility index (Phi) is 13.3. The molecule has 3 rings (SSSR count). The molecule has 0 saturated carbocycles. The monoisotopic (exact) mass is 648 g/mol. The highest BCUT2D eigenvalue weighted by atomic mass is 16.6. The molecule has 3 aromatic rings. The number of Topliss-reactive ketones (excluding diaryl/α,β-unsaturated/α-hetero) is 1. The number of esters is 1. The second-order valence-electron chi connectivity index (χ2n) is 13.3. The average Bonchev–Trinajstić information content (AvgIpc) is 3.43. The van der Waals surface area contributed by atoms with Crippen LogP contribution in [0.5, 0.6) is 0 Å². The molecular weight excluding hydrogens is 600 g/mol. The molecule has 0 aliphatic carbocycles. The molecule has 3 atom stereocenters. The van der Waals surface area contributed by atoms with E-state index in [2.05, 4.69) is 15.6 Å². The molecule has 0 spiro atoms. The highest BCUT2D eigenvalue weighted by Gasteiger charge is 2.34. The molecule has 1 unspecified atom stereocenters. The average molecular weight is 649 g/mol. The van der Waals surface area contributed by atoms with E-state index in [0.717, 1.165) is 16.8 Å². The molecule has 2 aromatic carbocycles. The number of nitrogens with one attached hydrogen (secondary N) is 2. The van der Waals surface area contributed by atoms with Gasteiger partial charge in [-0.3, -0.25) is 14.4 Å². The number of ketones is 1. The van der Waals surface area contributed by atoms with Crippen LogP contribution >= 0.6 is 0 Å². The van der Waals surface area contributed by atoms with Crippen LogP contribution in [0.1, 0.15) is 77.7 Å². The highest BCUT2D eigenvalue weighted by Crippen LogP contribution is 2.21. The lowest BCUT2D eigenvalue weighted by atomic mass is 9.95. The summed E-state index contributed by atoms with van der Waals surface area (Å²) >= 11 is 0. The minimum absolute atomic E-state index is 0.0434. The first kappa shape index (κ1) is 37.0. The Hall–Kier alpha value is -4.51. The maximum atomic E-state index is 13.6. The van der Waals surface area contributed by atoms with Crippen LogP contribution in [-0.4, -0.2) is 63.7 Å². The summed E-state index contributed by atoms with van der Waals surface area (Å²) in [6, 6.07) is 18.0. The molecule has 0 fully saturated rings. The Morgan fingerprint density at radius 3 is 2.17 bits per heavy atom. The topological polar surface area (TPSA) is 138 Å². The number of imidazole rings is 1. The van der Waals surface area contributed by atoms with Gasteiger partial charge in [0.15, 0.2) is 5.78 Å². The fourth-order valence-electron chi connectivity index (χ4n) is 4.83. The largest absolute Gasteiger partial charge is 0.463 e. The van der Waals surface area contributed by atoms with Gasteiger partial charge in [0.25, 0.3) is 0 Å². The van der Waals surface area contributed by atoms with Gasteiger partial charge in [-0.1, -0.05) is 67.6 Å². The minimum Gasteiger partial charge on any atom is -0.463 e. The van der Waals surface area contributed by atoms with Crippen molar-refractivity contribution in [1.82, 2.24) is 20.2 Å². The summed E-state index contributed by atoms with van der Waals surface area (Å²) in [4.78, 5) is 55.5. The zero-order valence-corrected chi connectivity index (χ0v) is 28.4. The van der Waals surface area contributed by atoms with Crippen LogP contribution in [-0.2, 0) is 41.6 Å². The molecule has 254 valence electrons. The van der Waals surface area contributed by atoms with Crippen molar-refractivity contribution >= 4 is 23.8 Å². The first-order chi connectivity index (χ1) is 22.1. The summed E-state index contributed by atoms with van der Waals surface area (Å²) in [6.45, 7) is 12.0. The van der Waals surface area contributed by atoms with Crippen LogP contribution in [0.15, 0.2) is 73.2 Å². The summed E-state index contributed by atoms with van der Waals surface area (Å²) in [5.74, 6) is -1.23. The predicted octanol–water partition coefficient (Wildman–Crippen LogP) is 5.18. The number of aromatic nitrogens is 2. The van der Waals surface area contributed by atoms with Crippen LogP contribution < -0.4 is 10.6 Å². The van der Waals surface area contributed by atoms with Crippen molar-refractivity contribution in [2.75, 3.05) is 13.2 Å². The van der Waals surface area contributed by atoms with E-state index in [1.807, 2.05) is 78.4 Å². The second kappa shape index (κ2) is 16.9. The number of carbonyl (C=O) groups excluding carboxylic acids is 4. The summed E-state index contributed by atoms with van der Waals surface area (Å²) in [5.41, 5.74) is 0.581. The Morgan fingerprint density at radius 2 is 1.55 bits per heavy atom. The summed E-state index contributed by atoms with van der Waals surface area (Å²) in [7, 11) is 0. The Labute approximate surface area is 277 Å². The molecule has 2 amide bonds. The van der Waals surface area contributed by atoms with E-state index in [4.69, 9.17) is 14.2 Å². The van der Waals surface area contributed by atoms with Crippen LogP contribution in [0.3, 0.4) is 0 Å². The van der Waals surface area contributed by atoms with Crippen LogP contribution in [0.4, 0.5) is 4.79 Å². The molecular formula is C36H48N4O7. The molecule has 47 heavy (non-hydrogen) atoms. The molecule has 0 aliphatic rings. The Morgan fingerprint density at radius 1 is 0.915 bits per heavy atom. The lowest BCUT2D eigenvalue weighted by Gasteiger charge is -2.29. The number of hydrogen-bond donors (Lipinski definition) is 2. The van der Waals surface area contributed by atoms with Gasteiger partial charge in [-0.25, -0.2) is 9.78 Å². The van der Waals surface area contributed by atoms with Crippen molar-refractivity contribution in [3.05, 3.63) is 90.0 Å². The lowest BCUT2D eigenvalue weighted by molar-refractivity contribution is -0.141. The van der Waals surface area contributed by atoms with Crippen molar-refractivity contribution in [3.8, 4) is 0 Å². The van der Waals surface area contributed by atoms with Gasteiger partial charge in [-0.2, -0.15) is 0 Å². The number of amides is 2. The zero-order chi connectivity index (χ0) is 34.6. The number of carbonyl (C=O) groups is 4. The van der Waals surface area contributed by atoms with E-state index < -0.39 is 29.2 Å². The fraction of sp³-hybridized carbons (Fsp3) is 0.472. The molecule has 11 heteroatoms. The van der Waals surface area contributed by atoms with E-state index in [0.29, 0.717) is 6.42 Å². The van der Waals surface area contributed by atoms with Crippen molar-refractivity contribution in [2.24, 2.45) is 5.92 Å². The number of ether oxygens (including phenoxy) is 3. The predicted molar refractivity (Wildman–Crippen MR) is 177 cm³/mol. The maximum Gasteiger partial charge on any atom is 0.408 e. The first-order valence-electron chi connectivity index (χ1n) is 15.8. The van der Waals surface area contributed by atoms with Gasteiger partial charge in [-0.05, 0) is 58.1 Å². The third-order valence-corrected chi connectivity index (χ3v) is 7.22. The highest BCUT2D eigenvalue weighted by molar-refractivity contribution is 5.94. The van der Waals surface area contributed by atoms with E-state index in [1.54, 1.807) is 40.9 Å². The molecule has 0 aliphatic heterocycles. The minimum atomic E-state index is -1.36. The molecule has 2 N–H and O–H groups in total. The van der Waals surface area contributed by atoms with E-state index in [1.165, 1.54) is 6.92 Å². The molecule has 11 nitrogen and oxygen atoms in total. The number of benzene rings is 2. The molecule has 1 aromatic heterocycles.